The van der Waals surface area contributed by atoms with Crippen molar-refractivity contribution in [2.24, 2.45) is 4.99 Å². The molecule has 1 aromatic heterocycles. The first-order valence-corrected chi connectivity index (χ1v) is 11.9. The van der Waals surface area contributed by atoms with Crippen molar-refractivity contribution >= 4 is 51.6 Å². The average molecular weight is 565 g/mol. The number of aromatic nitrogens is 2. The molecule has 2 saturated heterocycles. The maximum atomic E-state index is 12.6. The number of nitrogens with one attached hydrogen (secondary N) is 1. The van der Waals surface area contributed by atoms with E-state index in [0.29, 0.717) is 64.1 Å². The molecule has 12 heteroatoms. The van der Waals surface area contributed by atoms with Gasteiger partial charge in [0.15, 0.2) is 15.8 Å². The van der Waals surface area contributed by atoms with E-state index in [-0.39, 0.29) is 35.6 Å². The summed E-state index contributed by atoms with van der Waals surface area (Å²) in [6.07, 6.45) is 3.80. The maximum absolute atomic E-state index is 12.6. The summed E-state index contributed by atoms with van der Waals surface area (Å²) in [4.78, 5) is 31.3. The molecule has 2 aliphatic rings. The van der Waals surface area contributed by atoms with E-state index >= 15 is 0 Å². The first kappa shape index (κ1) is 25.6. The molecule has 1 aromatic rings. The zero-order valence-electron chi connectivity index (χ0n) is 18.3. The largest absolute Gasteiger partial charge is 0.356 e. The molecule has 1 N–H and O–H groups in total. The number of rotatable bonds is 4. The Kier molecular flexibility index (Phi) is 8.86. The molecule has 10 nitrogen and oxygen atoms in total. The molecular formula is C19H32IN7O3S. The lowest BCUT2D eigenvalue weighted by molar-refractivity contribution is -0.131. The van der Waals surface area contributed by atoms with Crippen LogP contribution in [-0.4, -0.2) is 103 Å². The van der Waals surface area contributed by atoms with E-state index in [2.05, 4.69) is 25.2 Å². The summed E-state index contributed by atoms with van der Waals surface area (Å²) in [5, 5.41) is 3.21. The van der Waals surface area contributed by atoms with Gasteiger partial charge in [0.1, 0.15) is 0 Å². The van der Waals surface area contributed by atoms with Crippen molar-refractivity contribution in [2.45, 2.75) is 25.0 Å². The minimum absolute atomic E-state index is 0. The number of amides is 1. The fraction of sp³-hybridized carbons (Fsp3) is 0.684. The van der Waals surface area contributed by atoms with Crippen LogP contribution in [-0.2, 0) is 14.6 Å². The molecular weight excluding hydrogens is 533 g/mol. The second-order valence-electron chi connectivity index (χ2n) is 8.14. The lowest BCUT2D eigenvalue weighted by Crippen LogP contribution is -2.57. The third kappa shape index (κ3) is 6.18. The number of hydrogen-bond donors (Lipinski definition) is 1. The average Bonchev–Trinajstić information content (AvgIpc) is 2.74. The Labute approximate surface area is 201 Å². The fourth-order valence-electron chi connectivity index (χ4n) is 3.71. The third-order valence-electron chi connectivity index (χ3n) is 5.64. The summed E-state index contributed by atoms with van der Waals surface area (Å²) >= 11 is 0. The number of aliphatic imine (C=N–C) groups is 1. The van der Waals surface area contributed by atoms with E-state index in [4.69, 9.17) is 0 Å². The van der Waals surface area contributed by atoms with Crippen molar-refractivity contribution in [2.75, 3.05) is 63.5 Å². The van der Waals surface area contributed by atoms with Crippen molar-refractivity contribution in [1.29, 1.82) is 0 Å². The topological polar surface area (TPSA) is 111 Å². The number of piperazine rings is 1. The molecule has 2 aliphatic heterocycles. The molecule has 1 amide bonds. The van der Waals surface area contributed by atoms with Gasteiger partial charge < -0.3 is 20.0 Å². The normalized spacial score (nSPS) is 20.7. The Morgan fingerprint density at radius 3 is 2.35 bits per heavy atom. The van der Waals surface area contributed by atoms with Gasteiger partial charge in [-0.1, -0.05) is 0 Å². The molecule has 3 heterocycles. The van der Waals surface area contributed by atoms with Gasteiger partial charge in [0, 0.05) is 71.7 Å². The van der Waals surface area contributed by atoms with Crippen molar-refractivity contribution in [3.8, 4) is 0 Å². The summed E-state index contributed by atoms with van der Waals surface area (Å²) in [5.41, 5.74) is 0. The Morgan fingerprint density at radius 2 is 1.77 bits per heavy atom. The van der Waals surface area contributed by atoms with E-state index in [0.717, 1.165) is 0 Å². The van der Waals surface area contributed by atoms with Crippen LogP contribution in [0.3, 0.4) is 0 Å². The zero-order chi connectivity index (χ0) is 21.8. The predicted octanol–water partition coefficient (Wildman–Crippen LogP) is 0.218. The molecule has 3 rings (SSSR count). The fourth-order valence-corrected chi connectivity index (χ4v) is 5.07. The molecule has 0 aromatic carbocycles. The van der Waals surface area contributed by atoms with Crippen molar-refractivity contribution in [3.63, 3.8) is 0 Å². The quantitative estimate of drug-likeness (QED) is 0.314. The molecule has 31 heavy (non-hydrogen) atoms. The number of anilines is 1. The first-order chi connectivity index (χ1) is 14.2. The second kappa shape index (κ2) is 10.7. The van der Waals surface area contributed by atoms with Gasteiger partial charge in [-0.15, -0.1) is 24.0 Å². The van der Waals surface area contributed by atoms with Gasteiger partial charge in [-0.05, 0) is 19.9 Å². The van der Waals surface area contributed by atoms with Crippen LogP contribution in [0.2, 0.25) is 0 Å². The van der Waals surface area contributed by atoms with Gasteiger partial charge in [0.25, 0.3) is 0 Å². The highest BCUT2D eigenvalue weighted by molar-refractivity contribution is 14.0. The summed E-state index contributed by atoms with van der Waals surface area (Å²) < 4.78 is 23.6. The van der Waals surface area contributed by atoms with Crippen LogP contribution in [0.5, 0.6) is 0 Å². The van der Waals surface area contributed by atoms with Crippen molar-refractivity contribution < 1.29 is 13.2 Å². The van der Waals surface area contributed by atoms with Gasteiger partial charge >= 0.3 is 0 Å². The summed E-state index contributed by atoms with van der Waals surface area (Å²) in [6.45, 7) is 7.43. The highest BCUT2D eigenvalue weighted by Gasteiger charge is 2.41. The Morgan fingerprint density at radius 1 is 1.13 bits per heavy atom. The number of nitrogens with zero attached hydrogens (tertiary/aromatic N) is 6. The number of carbonyl (C=O) groups excluding carboxylic acids is 1. The molecule has 0 spiro atoms. The molecule has 0 atom stereocenters. The van der Waals surface area contributed by atoms with Crippen molar-refractivity contribution in [3.05, 3.63) is 18.5 Å². The summed E-state index contributed by atoms with van der Waals surface area (Å²) in [7, 11) is -1.44. The first-order valence-electron chi connectivity index (χ1n) is 10.2. The minimum atomic E-state index is -3.11. The maximum Gasteiger partial charge on any atom is 0.225 e. The zero-order valence-corrected chi connectivity index (χ0v) is 21.5. The van der Waals surface area contributed by atoms with Gasteiger partial charge in [0.2, 0.25) is 11.9 Å². The molecule has 2 fully saturated rings. The second-order valence-corrected chi connectivity index (χ2v) is 10.9. The Hall–Kier alpha value is -1.70. The minimum Gasteiger partial charge on any atom is -0.356 e. The summed E-state index contributed by atoms with van der Waals surface area (Å²) in [6, 6.07) is 1.79. The Bertz CT molecular complexity index is 872. The standard InChI is InChI=1S/C19H31N7O3S.HI/c1-19(2)15-26(13-14-30(19,28)29)17(20-3)23-8-5-16(27)24-9-11-25(12-10-24)18-21-6-4-7-22-18;/h4,6-7H,5,8-15H2,1-3H3,(H,20,23);1H. The van der Waals surface area contributed by atoms with Gasteiger partial charge in [0.05, 0.1) is 10.5 Å². The van der Waals surface area contributed by atoms with E-state index in [1.165, 1.54) is 0 Å². The molecule has 174 valence electrons. The van der Waals surface area contributed by atoms with Crippen LogP contribution < -0.4 is 10.2 Å². The number of halogens is 1. The number of guanidine groups is 1. The monoisotopic (exact) mass is 565 g/mol. The van der Waals surface area contributed by atoms with Gasteiger partial charge in [-0.3, -0.25) is 9.79 Å². The highest BCUT2D eigenvalue weighted by atomic mass is 127. The SMILES string of the molecule is CN=C(NCCC(=O)N1CCN(c2ncccn2)CC1)N1CCS(=O)(=O)C(C)(C)C1.I. The molecule has 0 unspecified atom stereocenters. The lowest BCUT2D eigenvalue weighted by Gasteiger charge is -2.39. The van der Waals surface area contributed by atoms with Crippen LogP contribution >= 0.6 is 24.0 Å². The smallest absolute Gasteiger partial charge is 0.225 e. The van der Waals surface area contributed by atoms with Crippen LogP contribution in [0.1, 0.15) is 20.3 Å². The molecule has 0 radical (unpaired) electrons. The predicted molar refractivity (Wildman–Crippen MR) is 132 cm³/mol. The number of carbonyl (C=O) groups is 1. The van der Waals surface area contributed by atoms with Crippen molar-refractivity contribution in [1.82, 2.24) is 25.1 Å². The van der Waals surface area contributed by atoms with Gasteiger partial charge in [-0.2, -0.15) is 0 Å². The third-order valence-corrected chi connectivity index (χ3v) is 8.18. The molecule has 0 saturated carbocycles. The van der Waals surface area contributed by atoms with Crippen LogP contribution in [0.4, 0.5) is 5.95 Å². The molecule has 0 aliphatic carbocycles. The summed E-state index contributed by atoms with van der Waals surface area (Å²) in [5.74, 6) is 1.53. The van der Waals surface area contributed by atoms with Crippen LogP contribution in [0.15, 0.2) is 23.5 Å². The van der Waals surface area contributed by atoms with Gasteiger partial charge in [-0.25, -0.2) is 18.4 Å². The Balaban J connectivity index is 0.00000341. The van der Waals surface area contributed by atoms with E-state index < -0.39 is 14.6 Å². The van der Waals surface area contributed by atoms with E-state index in [1.54, 1.807) is 39.4 Å². The number of sulfone groups is 1. The van der Waals surface area contributed by atoms with Crippen LogP contribution in [0, 0.1) is 0 Å². The van der Waals surface area contributed by atoms with E-state index in [1.807, 2.05) is 9.80 Å². The highest BCUT2D eigenvalue weighted by Crippen LogP contribution is 2.23. The van der Waals surface area contributed by atoms with E-state index in [9.17, 15) is 13.2 Å². The lowest BCUT2D eigenvalue weighted by atomic mass is 10.2. The number of hydrogen-bond acceptors (Lipinski definition) is 7. The van der Waals surface area contributed by atoms with Crippen LogP contribution in [0.25, 0.3) is 0 Å². The molecule has 0 bridgehead atoms.